The van der Waals surface area contributed by atoms with Gasteiger partial charge in [-0.05, 0) is 23.6 Å². The van der Waals surface area contributed by atoms with Crippen molar-refractivity contribution in [3.8, 4) is 0 Å². The topological polar surface area (TPSA) is 81.5 Å². The van der Waals surface area contributed by atoms with E-state index in [-0.39, 0.29) is 12.2 Å². The van der Waals surface area contributed by atoms with Crippen molar-refractivity contribution in [1.82, 2.24) is 5.32 Å². The molecule has 1 N–H and O–H groups in total. The lowest BCUT2D eigenvalue weighted by Gasteiger charge is -2.08. The highest BCUT2D eigenvalue weighted by molar-refractivity contribution is 5.67. The van der Waals surface area contributed by atoms with Gasteiger partial charge in [-0.25, -0.2) is 4.79 Å². The van der Waals surface area contributed by atoms with Crippen LogP contribution in [-0.2, 0) is 11.3 Å². The lowest BCUT2D eigenvalue weighted by molar-refractivity contribution is -0.384. The highest BCUT2D eigenvalue weighted by atomic mass is 16.6. The largest absolute Gasteiger partial charge is 0.450 e. The average Bonchev–Trinajstić information content (AvgIpc) is 2.45. The first-order chi connectivity index (χ1) is 9.58. The second-order valence-corrected chi connectivity index (χ2v) is 4.19. The number of carbonyl (C=O) groups excluding carboxylic acids is 1. The number of benzene rings is 1. The zero-order valence-electron chi connectivity index (χ0n) is 11.4. The third-order valence-corrected chi connectivity index (χ3v) is 2.71. The summed E-state index contributed by atoms with van der Waals surface area (Å²) in [6, 6.07) is 4.42. The molecule has 0 bridgehead atoms. The van der Waals surface area contributed by atoms with Crippen LogP contribution in [0.2, 0.25) is 0 Å². The molecular formula is C14H18N2O4. The highest BCUT2D eigenvalue weighted by Gasteiger charge is 2.10. The number of ether oxygens (including phenoxy) is 1. The summed E-state index contributed by atoms with van der Waals surface area (Å²) in [5.74, 6) is 0. The van der Waals surface area contributed by atoms with Gasteiger partial charge in [-0.1, -0.05) is 26.0 Å². The summed E-state index contributed by atoms with van der Waals surface area (Å²) in [6.07, 6.45) is 2.80. The van der Waals surface area contributed by atoms with Crippen LogP contribution >= 0.6 is 0 Å². The summed E-state index contributed by atoms with van der Waals surface area (Å²) in [4.78, 5) is 21.6. The number of amides is 1. The molecule has 20 heavy (non-hydrogen) atoms. The summed E-state index contributed by atoms with van der Waals surface area (Å²) >= 11 is 0. The van der Waals surface area contributed by atoms with E-state index in [4.69, 9.17) is 4.74 Å². The van der Waals surface area contributed by atoms with Crippen molar-refractivity contribution in [2.75, 3.05) is 6.61 Å². The number of nitro benzene ring substituents is 1. The molecule has 1 aromatic rings. The second-order valence-electron chi connectivity index (χ2n) is 4.19. The predicted molar refractivity (Wildman–Crippen MR) is 76.3 cm³/mol. The van der Waals surface area contributed by atoms with Crippen molar-refractivity contribution in [2.45, 2.75) is 26.3 Å². The van der Waals surface area contributed by atoms with Gasteiger partial charge in [0, 0.05) is 18.7 Å². The zero-order chi connectivity index (χ0) is 15.0. The number of non-ortho nitro benzene ring substituents is 1. The molecule has 0 aliphatic heterocycles. The first-order valence-corrected chi connectivity index (χ1v) is 6.38. The maximum absolute atomic E-state index is 11.4. The Hall–Kier alpha value is -2.37. The molecule has 0 unspecified atom stereocenters. The summed E-state index contributed by atoms with van der Waals surface area (Å²) in [5, 5.41) is 13.3. The molecule has 0 atom stereocenters. The van der Waals surface area contributed by atoms with Crippen molar-refractivity contribution in [3.05, 3.63) is 46.0 Å². The SMILES string of the molecule is C=Cc1cc([N+](=O)[O-])ccc1CNC(=O)OCCCC. The molecule has 0 aliphatic carbocycles. The Balaban J connectivity index is 2.61. The number of unbranched alkanes of at least 4 members (excludes halogenated alkanes) is 1. The number of hydrogen-bond donors (Lipinski definition) is 1. The zero-order valence-corrected chi connectivity index (χ0v) is 11.4. The molecule has 0 radical (unpaired) electrons. The molecule has 0 saturated carbocycles. The van der Waals surface area contributed by atoms with Gasteiger partial charge in [-0.15, -0.1) is 0 Å². The third kappa shape index (κ3) is 4.72. The predicted octanol–water partition coefficient (Wildman–Crippen LogP) is 3.26. The quantitative estimate of drug-likeness (QED) is 0.471. The van der Waals surface area contributed by atoms with E-state index in [1.54, 1.807) is 6.07 Å². The normalized spacial score (nSPS) is 9.85. The first-order valence-electron chi connectivity index (χ1n) is 6.38. The average molecular weight is 278 g/mol. The van der Waals surface area contributed by atoms with Gasteiger partial charge in [0.15, 0.2) is 0 Å². The number of alkyl carbamates (subject to hydrolysis) is 1. The van der Waals surface area contributed by atoms with Crippen molar-refractivity contribution >= 4 is 17.9 Å². The van der Waals surface area contributed by atoms with Crippen LogP contribution in [0, 0.1) is 10.1 Å². The van der Waals surface area contributed by atoms with Crippen molar-refractivity contribution < 1.29 is 14.5 Å². The standard InChI is InChI=1S/C14H18N2O4/c1-3-5-8-20-14(17)15-10-12-6-7-13(16(18)19)9-11(12)4-2/h4,6-7,9H,2-3,5,8,10H2,1H3,(H,15,17). The smallest absolute Gasteiger partial charge is 0.407 e. The van der Waals surface area contributed by atoms with E-state index in [2.05, 4.69) is 11.9 Å². The Labute approximate surface area is 117 Å². The molecular weight excluding hydrogens is 260 g/mol. The van der Waals surface area contributed by atoms with Gasteiger partial charge in [0.25, 0.3) is 5.69 Å². The van der Waals surface area contributed by atoms with Crippen molar-refractivity contribution in [2.24, 2.45) is 0 Å². The number of carbonyl (C=O) groups is 1. The van der Waals surface area contributed by atoms with E-state index < -0.39 is 11.0 Å². The molecule has 0 saturated heterocycles. The first kappa shape index (κ1) is 15.7. The molecule has 0 fully saturated rings. The molecule has 1 amide bonds. The number of rotatable bonds is 7. The van der Waals surface area contributed by atoms with Crippen molar-refractivity contribution in [3.63, 3.8) is 0 Å². The van der Waals surface area contributed by atoms with Crippen LogP contribution in [-0.4, -0.2) is 17.6 Å². The summed E-state index contributed by atoms with van der Waals surface area (Å²) in [7, 11) is 0. The van der Waals surface area contributed by atoms with Crippen molar-refractivity contribution in [1.29, 1.82) is 0 Å². The number of nitrogens with zero attached hydrogens (tertiary/aromatic N) is 1. The molecule has 108 valence electrons. The van der Waals surface area contributed by atoms with Crippen LogP contribution in [0.5, 0.6) is 0 Å². The van der Waals surface area contributed by atoms with E-state index >= 15 is 0 Å². The fraction of sp³-hybridized carbons (Fsp3) is 0.357. The van der Waals surface area contributed by atoms with E-state index in [9.17, 15) is 14.9 Å². The van der Waals surface area contributed by atoms with Crippen LogP contribution < -0.4 is 5.32 Å². The minimum atomic E-state index is -0.494. The molecule has 0 aromatic heterocycles. The Kier molecular flexibility index (Phi) is 6.22. The molecule has 0 heterocycles. The van der Waals surface area contributed by atoms with Crippen LogP contribution in [0.15, 0.2) is 24.8 Å². The number of nitrogens with one attached hydrogen (secondary N) is 1. The van der Waals surface area contributed by atoms with Gasteiger partial charge >= 0.3 is 6.09 Å². The van der Waals surface area contributed by atoms with Gasteiger partial charge in [-0.2, -0.15) is 0 Å². The lowest BCUT2D eigenvalue weighted by Crippen LogP contribution is -2.24. The highest BCUT2D eigenvalue weighted by Crippen LogP contribution is 2.18. The monoisotopic (exact) mass is 278 g/mol. The maximum Gasteiger partial charge on any atom is 0.407 e. The molecule has 1 rings (SSSR count). The molecule has 6 heteroatoms. The fourth-order valence-corrected chi connectivity index (χ4v) is 1.57. The van der Waals surface area contributed by atoms with E-state index in [0.717, 1.165) is 18.4 Å². The van der Waals surface area contributed by atoms with Gasteiger partial charge in [0.05, 0.1) is 11.5 Å². The molecule has 6 nitrogen and oxygen atoms in total. The third-order valence-electron chi connectivity index (χ3n) is 2.71. The van der Waals surface area contributed by atoms with Crippen LogP contribution in [0.1, 0.15) is 30.9 Å². The van der Waals surface area contributed by atoms with E-state index in [0.29, 0.717) is 12.2 Å². The number of hydrogen-bond acceptors (Lipinski definition) is 4. The van der Waals surface area contributed by atoms with Gasteiger partial charge in [0.2, 0.25) is 0 Å². The Bertz CT molecular complexity index is 500. The molecule has 0 aliphatic rings. The minimum absolute atomic E-state index is 0.00540. The Morgan fingerprint density at radius 1 is 1.55 bits per heavy atom. The Morgan fingerprint density at radius 3 is 2.90 bits per heavy atom. The van der Waals surface area contributed by atoms with Gasteiger partial charge < -0.3 is 10.1 Å². The fourth-order valence-electron chi connectivity index (χ4n) is 1.57. The summed E-state index contributed by atoms with van der Waals surface area (Å²) < 4.78 is 4.96. The minimum Gasteiger partial charge on any atom is -0.450 e. The van der Waals surface area contributed by atoms with Crippen LogP contribution in [0.4, 0.5) is 10.5 Å². The Morgan fingerprint density at radius 2 is 2.30 bits per heavy atom. The van der Waals surface area contributed by atoms with Crippen LogP contribution in [0.3, 0.4) is 0 Å². The van der Waals surface area contributed by atoms with Gasteiger partial charge in [0.1, 0.15) is 0 Å². The van der Waals surface area contributed by atoms with Crippen LogP contribution in [0.25, 0.3) is 6.08 Å². The maximum atomic E-state index is 11.4. The summed E-state index contributed by atoms with van der Waals surface area (Å²) in [6.45, 7) is 6.25. The number of nitro groups is 1. The molecule has 0 spiro atoms. The lowest BCUT2D eigenvalue weighted by atomic mass is 10.1. The van der Waals surface area contributed by atoms with E-state index in [1.165, 1.54) is 18.2 Å². The summed E-state index contributed by atoms with van der Waals surface area (Å²) in [5.41, 5.74) is 1.36. The van der Waals surface area contributed by atoms with E-state index in [1.807, 2.05) is 6.92 Å². The second kappa shape index (κ2) is 7.93. The van der Waals surface area contributed by atoms with Gasteiger partial charge in [-0.3, -0.25) is 10.1 Å². The molecule has 1 aromatic carbocycles.